The zero-order chi connectivity index (χ0) is 41.4. The fraction of sp³-hybridized carbons (Fsp3) is 0. The molecule has 4 aromatic heterocycles. The molecule has 0 N–H and O–H groups in total. The summed E-state index contributed by atoms with van der Waals surface area (Å²) in [5.74, 6) is 1.85. The molecular formula is C57H35N5S. The van der Waals surface area contributed by atoms with Crippen molar-refractivity contribution in [2.75, 3.05) is 0 Å². The van der Waals surface area contributed by atoms with Gasteiger partial charge >= 0.3 is 0 Å². The molecule has 0 radical (unpaired) electrons. The van der Waals surface area contributed by atoms with Crippen LogP contribution in [-0.4, -0.2) is 24.1 Å². The van der Waals surface area contributed by atoms with E-state index in [1.807, 2.05) is 72.0 Å². The summed E-state index contributed by atoms with van der Waals surface area (Å²) in [7, 11) is 0. The molecule has 0 amide bonds. The Labute approximate surface area is 366 Å². The molecule has 4 heterocycles. The highest BCUT2D eigenvalue weighted by Crippen LogP contribution is 2.42. The molecule has 63 heavy (non-hydrogen) atoms. The van der Waals surface area contributed by atoms with Crippen molar-refractivity contribution < 1.29 is 0 Å². The van der Waals surface area contributed by atoms with E-state index < -0.39 is 0 Å². The largest absolute Gasteiger partial charge is 0.309 e. The van der Waals surface area contributed by atoms with Crippen LogP contribution in [0.1, 0.15) is 0 Å². The summed E-state index contributed by atoms with van der Waals surface area (Å²) in [5.41, 5.74) is 12.3. The Morgan fingerprint density at radius 1 is 0.317 bits per heavy atom. The van der Waals surface area contributed by atoms with Crippen LogP contribution in [0, 0.1) is 0 Å². The minimum absolute atomic E-state index is 0.584. The normalized spacial score (nSPS) is 11.8. The quantitative estimate of drug-likeness (QED) is 0.168. The first-order valence-electron chi connectivity index (χ1n) is 21.2. The topological polar surface area (TPSA) is 48.5 Å². The Kier molecular flexibility index (Phi) is 8.01. The molecule has 13 aromatic rings. The standard InChI is InChI=1S/C57H35N5S/c1-3-14-37(15-4-1)55-58-56(38-16-5-2-6-17-38)60-57(59-55)62-50-24-11-8-19-44(50)48-35-40(29-33-52(48)62)39-28-32-51-47(34-39)43-18-7-10-23-49(43)61(51)41-30-26-36(27-31-41)42-21-13-22-46-45-20-9-12-25-53(45)63-54(42)46/h1-35H. The molecule has 0 atom stereocenters. The van der Waals surface area contributed by atoms with Crippen molar-refractivity contribution in [3.8, 4) is 56.7 Å². The van der Waals surface area contributed by atoms with Crippen molar-refractivity contribution in [3.63, 3.8) is 0 Å². The van der Waals surface area contributed by atoms with E-state index in [0.29, 0.717) is 17.6 Å². The fourth-order valence-electron chi connectivity index (χ4n) is 9.46. The molecule has 0 aliphatic carbocycles. The summed E-state index contributed by atoms with van der Waals surface area (Å²) in [6.07, 6.45) is 0. The summed E-state index contributed by atoms with van der Waals surface area (Å²) in [5, 5.41) is 7.36. The van der Waals surface area contributed by atoms with Gasteiger partial charge in [-0.1, -0.05) is 158 Å². The lowest BCUT2D eigenvalue weighted by Gasteiger charge is -2.11. The first-order valence-corrected chi connectivity index (χ1v) is 22.0. The number of para-hydroxylation sites is 2. The van der Waals surface area contributed by atoms with Gasteiger partial charge in [0.15, 0.2) is 11.6 Å². The molecule has 0 saturated heterocycles. The van der Waals surface area contributed by atoms with E-state index in [0.717, 1.165) is 49.7 Å². The first-order chi connectivity index (χ1) is 31.2. The number of thiophene rings is 1. The predicted octanol–water partition coefficient (Wildman–Crippen LogP) is 15.1. The predicted molar refractivity (Wildman–Crippen MR) is 263 cm³/mol. The lowest BCUT2D eigenvalue weighted by atomic mass is 10.0. The van der Waals surface area contributed by atoms with Gasteiger partial charge in [0, 0.05) is 58.5 Å². The highest BCUT2D eigenvalue weighted by molar-refractivity contribution is 7.26. The van der Waals surface area contributed by atoms with Gasteiger partial charge in [0.25, 0.3) is 0 Å². The molecule has 13 rings (SSSR count). The second-order valence-electron chi connectivity index (χ2n) is 16.0. The minimum Gasteiger partial charge on any atom is -0.309 e. The van der Waals surface area contributed by atoms with Crippen LogP contribution in [0.15, 0.2) is 212 Å². The van der Waals surface area contributed by atoms with Crippen molar-refractivity contribution in [1.82, 2.24) is 24.1 Å². The molecule has 0 unspecified atom stereocenters. The second-order valence-corrected chi connectivity index (χ2v) is 17.1. The van der Waals surface area contributed by atoms with Gasteiger partial charge in [-0.05, 0) is 76.9 Å². The molecule has 0 spiro atoms. The Hall–Kier alpha value is -8.19. The van der Waals surface area contributed by atoms with Crippen LogP contribution >= 0.6 is 11.3 Å². The van der Waals surface area contributed by atoms with Crippen molar-refractivity contribution in [1.29, 1.82) is 0 Å². The Morgan fingerprint density at radius 3 is 1.44 bits per heavy atom. The van der Waals surface area contributed by atoms with Crippen LogP contribution < -0.4 is 0 Å². The first kappa shape index (κ1) is 35.6. The molecule has 0 aliphatic heterocycles. The number of hydrogen-bond donors (Lipinski definition) is 0. The lowest BCUT2D eigenvalue weighted by Crippen LogP contribution is -2.06. The van der Waals surface area contributed by atoms with E-state index in [9.17, 15) is 0 Å². The molecule has 6 heteroatoms. The van der Waals surface area contributed by atoms with Crippen LogP contribution in [0.3, 0.4) is 0 Å². The molecule has 0 bridgehead atoms. The van der Waals surface area contributed by atoms with E-state index in [1.54, 1.807) is 0 Å². The Morgan fingerprint density at radius 2 is 0.810 bits per heavy atom. The van der Waals surface area contributed by atoms with Crippen LogP contribution in [0.2, 0.25) is 0 Å². The number of nitrogens with zero attached hydrogens (tertiary/aromatic N) is 5. The van der Waals surface area contributed by atoms with E-state index in [-0.39, 0.29) is 0 Å². The Bertz CT molecular complexity index is 3840. The zero-order valence-electron chi connectivity index (χ0n) is 33.9. The summed E-state index contributed by atoms with van der Waals surface area (Å²) < 4.78 is 7.23. The van der Waals surface area contributed by atoms with E-state index in [2.05, 4.69) is 161 Å². The van der Waals surface area contributed by atoms with Gasteiger partial charge in [-0.2, -0.15) is 9.97 Å². The van der Waals surface area contributed by atoms with Crippen molar-refractivity contribution in [2.24, 2.45) is 0 Å². The maximum Gasteiger partial charge on any atom is 0.238 e. The molecular weight excluding hydrogens is 787 g/mol. The van der Waals surface area contributed by atoms with E-state index >= 15 is 0 Å². The number of aromatic nitrogens is 5. The maximum absolute atomic E-state index is 5.12. The van der Waals surface area contributed by atoms with Gasteiger partial charge in [0.1, 0.15) is 0 Å². The third kappa shape index (κ3) is 5.73. The molecule has 5 nitrogen and oxygen atoms in total. The highest BCUT2D eigenvalue weighted by atomic mass is 32.1. The summed E-state index contributed by atoms with van der Waals surface area (Å²) >= 11 is 1.87. The SMILES string of the molecule is c1ccc(-c2nc(-c3ccccc3)nc(-n3c4ccccc4c4cc(-c5ccc6c(c5)c5ccccc5n6-c5ccc(-c6cccc7c6sc6ccccc67)cc5)ccc43)n2)cc1. The number of fused-ring (bicyclic) bond motifs is 9. The van der Waals surface area contributed by atoms with Gasteiger partial charge in [-0.3, -0.25) is 4.57 Å². The van der Waals surface area contributed by atoms with Crippen LogP contribution in [0.5, 0.6) is 0 Å². The van der Waals surface area contributed by atoms with E-state index in [4.69, 9.17) is 15.0 Å². The monoisotopic (exact) mass is 821 g/mol. The smallest absolute Gasteiger partial charge is 0.238 e. The molecule has 9 aromatic carbocycles. The summed E-state index contributed by atoms with van der Waals surface area (Å²) in [6.45, 7) is 0. The van der Waals surface area contributed by atoms with Gasteiger partial charge in [-0.25, -0.2) is 4.98 Å². The average Bonchev–Trinajstić information content (AvgIpc) is 4.02. The van der Waals surface area contributed by atoms with Crippen molar-refractivity contribution >= 4 is 75.1 Å². The minimum atomic E-state index is 0.584. The zero-order valence-corrected chi connectivity index (χ0v) is 34.7. The maximum atomic E-state index is 5.12. The van der Waals surface area contributed by atoms with Gasteiger partial charge < -0.3 is 4.57 Å². The van der Waals surface area contributed by atoms with Crippen LogP contribution in [0.4, 0.5) is 0 Å². The number of hydrogen-bond acceptors (Lipinski definition) is 4. The van der Waals surface area contributed by atoms with Gasteiger partial charge in [-0.15, -0.1) is 11.3 Å². The third-order valence-electron chi connectivity index (χ3n) is 12.4. The van der Waals surface area contributed by atoms with Crippen molar-refractivity contribution in [2.45, 2.75) is 0 Å². The number of benzene rings is 9. The summed E-state index contributed by atoms with van der Waals surface area (Å²) in [6, 6.07) is 75.7. The van der Waals surface area contributed by atoms with E-state index in [1.165, 1.54) is 53.1 Å². The Balaban J connectivity index is 0.925. The lowest BCUT2D eigenvalue weighted by molar-refractivity contribution is 0.953. The molecule has 0 saturated carbocycles. The molecule has 0 fully saturated rings. The number of rotatable bonds is 6. The average molecular weight is 822 g/mol. The van der Waals surface area contributed by atoms with Gasteiger partial charge in [0.2, 0.25) is 5.95 Å². The van der Waals surface area contributed by atoms with Crippen molar-refractivity contribution in [3.05, 3.63) is 212 Å². The molecule has 294 valence electrons. The third-order valence-corrected chi connectivity index (χ3v) is 13.6. The molecule has 0 aliphatic rings. The summed E-state index contributed by atoms with van der Waals surface area (Å²) in [4.78, 5) is 15.2. The van der Waals surface area contributed by atoms with Crippen LogP contribution in [-0.2, 0) is 0 Å². The van der Waals surface area contributed by atoms with Crippen LogP contribution in [0.25, 0.3) is 120 Å². The fourth-order valence-corrected chi connectivity index (χ4v) is 10.7. The highest BCUT2D eigenvalue weighted by Gasteiger charge is 2.20. The van der Waals surface area contributed by atoms with Gasteiger partial charge in [0.05, 0.1) is 22.1 Å². The second kappa shape index (κ2) is 14.2.